The number of carbonyl (C=O) groups excluding carboxylic acids is 1. The number of hydrogen-bond donors (Lipinski definition) is 0. The maximum Gasteiger partial charge on any atom is 0.166 e. The first-order chi connectivity index (χ1) is 5.65. The first-order valence-electron chi connectivity index (χ1n) is 4.25. The zero-order valence-electron chi connectivity index (χ0n) is 7.87. The van der Waals surface area contributed by atoms with E-state index in [-0.39, 0.29) is 0 Å². The van der Waals surface area contributed by atoms with Gasteiger partial charge in [-0.3, -0.25) is 4.79 Å². The van der Waals surface area contributed by atoms with E-state index in [2.05, 4.69) is 13.8 Å². The van der Waals surface area contributed by atoms with Crippen LogP contribution in [0.1, 0.15) is 30.0 Å². The number of nitrogens with zero attached hydrogens (tertiary/aromatic N) is 1. The van der Waals surface area contributed by atoms with Gasteiger partial charge in [-0.2, -0.15) is 0 Å². The predicted octanol–water partition coefficient (Wildman–Crippen LogP) is 2.04. The molecule has 2 heteroatoms. The maximum atomic E-state index is 10.5. The molecule has 0 saturated heterocycles. The molecule has 0 spiro atoms. The SMILES string of the molecule is CC(C)Cc1ccc(C=O)n1C. The van der Waals surface area contributed by atoms with Gasteiger partial charge >= 0.3 is 0 Å². The molecule has 0 N–H and O–H groups in total. The molecule has 0 radical (unpaired) electrons. The lowest BCUT2D eigenvalue weighted by molar-refractivity contribution is 0.111. The Bertz CT molecular complexity index is 273. The lowest BCUT2D eigenvalue weighted by Gasteiger charge is -2.06. The Hall–Kier alpha value is -1.05. The second-order valence-corrected chi connectivity index (χ2v) is 3.52. The summed E-state index contributed by atoms with van der Waals surface area (Å²) in [5.74, 6) is 0.637. The summed E-state index contributed by atoms with van der Waals surface area (Å²) >= 11 is 0. The van der Waals surface area contributed by atoms with Crippen LogP contribution in [-0.4, -0.2) is 10.9 Å². The highest BCUT2D eigenvalue weighted by Gasteiger charge is 2.04. The quantitative estimate of drug-likeness (QED) is 0.628. The molecule has 0 aromatic carbocycles. The molecule has 66 valence electrons. The Morgan fingerprint density at radius 1 is 1.50 bits per heavy atom. The summed E-state index contributed by atoms with van der Waals surface area (Å²) in [6.07, 6.45) is 1.92. The van der Waals surface area contributed by atoms with E-state index in [4.69, 9.17) is 0 Å². The predicted molar refractivity (Wildman–Crippen MR) is 49.3 cm³/mol. The minimum absolute atomic E-state index is 0.637. The summed E-state index contributed by atoms with van der Waals surface area (Å²) in [7, 11) is 1.93. The van der Waals surface area contributed by atoms with Gasteiger partial charge in [0.1, 0.15) is 0 Å². The van der Waals surface area contributed by atoms with Gasteiger partial charge in [0.15, 0.2) is 6.29 Å². The lowest BCUT2D eigenvalue weighted by atomic mass is 10.1. The Labute approximate surface area is 73.2 Å². The van der Waals surface area contributed by atoms with Crippen LogP contribution in [0.3, 0.4) is 0 Å². The molecular formula is C10H15NO. The zero-order chi connectivity index (χ0) is 9.14. The number of carbonyl (C=O) groups is 1. The van der Waals surface area contributed by atoms with E-state index < -0.39 is 0 Å². The van der Waals surface area contributed by atoms with Gasteiger partial charge in [0, 0.05) is 12.7 Å². The highest BCUT2D eigenvalue weighted by atomic mass is 16.1. The van der Waals surface area contributed by atoms with Crippen molar-refractivity contribution >= 4 is 6.29 Å². The van der Waals surface area contributed by atoms with Crippen molar-refractivity contribution in [3.05, 3.63) is 23.5 Å². The van der Waals surface area contributed by atoms with Crippen molar-refractivity contribution in [2.45, 2.75) is 20.3 Å². The molecule has 0 aliphatic heterocycles. The summed E-state index contributed by atoms with van der Waals surface area (Å²) in [4.78, 5) is 10.5. The highest BCUT2D eigenvalue weighted by Crippen LogP contribution is 2.10. The van der Waals surface area contributed by atoms with Gasteiger partial charge in [-0.05, 0) is 24.5 Å². The third-order valence-electron chi connectivity index (χ3n) is 2.00. The van der Waals surface area contributed by atoms with Crippen molar-refractivity contribution < 1.29 is 4.79 Å². The monoisotopic (exact) mass is 165 g/mol. The van der Waals surface area contributed by atoms with Crippen LogP contribution in [0.4, 0.5) is 0 Å². The van der Waals surface area contributed by atoms with Crippen molar-refractivity contribution in [1.29, 1.82) is 0 Å². The van der Waals surface area contributed by atoms with Gasteiger partial charge in [0.2, 0.25) is 0 Å². The Morgan fingerprint density at radius 2 is 2.17 bits per heavy atom. The van der Waals surface area contributed by atoms with Crippen LogP contribution in [0, 0.1) is 5.92 Å². The average molecular weight is 165 g/mol. The molecule has 0 aliphatic carbocycles. The molecule has 1 aromatic heterocycles. The number of aromatic nitrogens is 1. The van der Waals surface area contributed by atoms with Crippen molar-refractivity contribution in [2.75, 3.05) is 0 Å². The average Bonchev–Trinajstić information content (AvgIpc) is 2.32. The summed E-state index contributed by atoms with van der Waals surface area (Å²) in [6.45, 7) is 4.35. The second-order valence-electron chi connectivity index (χ2n) is 3.52. The van der Waals surface area contributed by atoms with Crippen LogP contribution in [0.15, 0.2) is 12.1 Å². The van der Waals surface area contributed by atoms with Crippen molar-refractivity contribution in [3.63, 3.8) is 0 Å². The topological polar surface area (TPSA) is 22.0 Å². The van der Waals surface area contributed by atoms with Crippen LogP contribution in [0.5, 0.6) is 0 Å². The van der Waals surface area contributed by atoms with Crippen LogP contribution >= 0.6 is 0 Å². The normalized spacial score (nSPS) is 10.7. The Kier molecular flexibility index (Phi) is 2.69. The molecule has 1 heterocycles. The zero-order valence-corrected chi connectivity index (χ0v) is 7.87. The molecule has 0 fully saturated rings. The fraction of sp³-hybridized carbons (Fsp3) is 0.500. The minimum Gasteiger partial charge on any atom is -0.346 e. The molecule has 2 nitrogen and oxygen atoms in total. The fourth-order valence-corrected chi connectivity index (χ4v) is 1.31. The number of rotatable bonds is 3. The molecule has 0 atom stereocenters. The smallest absolute Gasteiger partial charge is 0.166 e. The third-order valence-corrected chi connectivity index (χ3v) is 2.00. The van der Waals surface area contributed by atoms with Crippen LogP contribution < -0.4 is 0 Å². The van der Waals surface area contributed by atoms with Crippen LogP contribution in [-0.2, 0) is 13.5 Å². The molecule has 0 unspecified atom stereocenters. The van der Waals surface area contributed by atoms with Gasteiger partial charge in [-0.15, -0.1) is 0 Å². The van der Waals surface area contributed by atoms with Crippen molar-refractivity contribution in [3.8, 4) is 0 Å². The van der Waals surface area contributed by atoms with Crippen molar-refractivity contribution in [1.82, 2.24) is 4.57 Å². The molecule has 12 heavy (non-hydrogen) atoms. The number of hydrogen-bond acceptors (Lipinski definition) is 1. The minimum atomic E-state index is 0.637. The summed E-state index contributed by atoms with van der Waals surface area (Å²) in [5.41, 5.74) is 1.98. The number of aldehydes is 1. The van der Waals surface area contributed by atoms with E-state index in [0.717, 1.165) is 18.4 Å². The molecule has 1 aromatic rings. The van der Waals surface area contributed by atoms with E-state index in [0.29, 0.717) is 5.92 Å². The first kappa shape index (κ1) is 9.04. The lowest BCUT2D eigenvalue weighted by Crippen LogP contribution is -2.03. The first-order valence-corrected chi connectivity index (χ1v) is 4.25. The van der Waals surface area contributed by atoms with Gasteiger partial charge in [-0.1, -0.05) is 13.8 Å². The molecule has 0 amide bonds. The Balaban J connectivity index is 2.86. The fourth-order valence-electron chi connectivity index (χ4n) is 1.31. The van der Waals surface area contributed by atoms with E-state index in [9.17, 15) is 4.79 Å². The second kappa shape index (κ2) is 3.57. The van der Waals surface area contributed by atoms with Crippen LogP contribution in [0.25, 0.3) is 0 Å². The van der Waals surface area contributed by atoms with E-state index >= 15 is 0 Å². The van der Waals surface area contributed by atoms with Gasteiger partial charge in [-0.25, -0.2) is 0 Å². The summed E-state index contributed by atoms with van der Waals surface area (Å²) in [5, 5.41) is 0. The van der Waals surface area contributed by atoms with Gasteiger partial charge < -0.3 is 4.57 Å². The summed E-state index contributed by atoms with van der Waals surface area (Å²) < 4.78 is 1.95. The van der Waals surface area contributed by atoms with E-state index in [1.165, 1.54) is 5.69 Å². The highest BCUT2D eigenvalue weighted by molar-refractivity contribution is 5.72. The maximum absolute atomic E-state index is 10.5. The van der Waals surface area contributed by atoms with Crippen molar-refractivity contribution in [2.24, 2.45) is 13.0 Å². The summed E-state index contributed by atoms with van der Waals surface area (Å²) in [6, 6.07) is 3.88. The molecule has 0 bridgehead atoms. The standard InChI is InChI=1S/C10H15NO/c1-8(2)6-9-4-5-10(7-12)11(9)3/h4-5,7-8H,6H2,1-3H3. The Morgan fingerprint density at radius 3 is 2.58 bits per heavy atom. The molecule has 0 aliphatic rings. The third kappa shape index (κ3) is 1.76. The molecule has 0 saturated carbocycles. The molecule has 1 rings (SSSR count). The van der Waals surface area contributed by atoms with Gasteiger partial charge in [0.05, 0.1) is 5.69 Å². The van der Waals surface area contributed by atoms with Crippen LogP contribution in [0.2, 0.25) is 0 Å². The molecular weight excluding hydrogens is 150 g/mol. The van der Waals surface area contributed by atoms with E-state index in [1.807, 2.05) is 23.7 Å². The van der Waals surface area contributed by atoms with Gasteiger partial charge in [0.25, 0.3) is 0 Å². The largest absolute Gasteiger partial charge is 0.346 e. The van der Waals surface area contributed by atoms with E-state index in [1.54, 1.807) is 0 Å².